The molecule has 0 fully saturated rings. The molecule has 0 saturated carbocycles. The molecule has 1 aliphatic rings. The van der Waals surface area contributed by atoms with Gasteiger partial charge in [0.15, 0.2) is 0 Å². The van der Waals surface area contributed by atoms with Gasteiger partial charge in [-0.05, 0) is 59.9 Å². The van der Waals surface area contributed by atoms with Crippen LogP contribution < -0.4 is 23.7 Å². The number of carbonyl (C=O) groups is 5. The summed E-state index contributed by atoms with van der Waals surface area (Å²) in [5, 5.41) is 0. The predicted molar refractivity (Wildman–Crippen MR) is 154 cm³/mol. The van der Waals surface area contributed by atoms with Crippen molar-refractivity contribution in [2.45, 2.75) is 66.7 Å². The van der Waals surface area contributed by atoms with Crippen molar-refractivity contribution in [3.05, 3.63) is 75.8 Å². The monoisotopic (exact) mass is 588 g/mol. The SMILES string of the molecule is CC(=O)Oc1cc(C)c(C2Cc3ccc(OC(C)=O)cc3C(C)c3c(OC(C)=O)cc(OC(C)=O)cc32)c(OC(C)=O)c1. The maximum absolute atomic E-state index is 12.3. The Morgan fingerprint density at radius 1 is 0.581 bits per heavy atom. The van der Waals surface area contributed by atoms with E-state index in [2.05, 4.69) is 0 Å². The summed E-state index contributed by atoms with van der Waals surface area (Å²) in [6, 6.07) is 11.7. The van der Waals surface area contributed by atoms with Gasteiger partial charge in [0.25, 0.3) is 0 Å². The van der Waals surface area contributed by atoms with E-state index in [1.165, 1.54) is 46.8 Å². The van der Waals surface area contributed by atoms with E-state index in [1.807, 2.05) is 13.0 Å². The van der Waals surface area contributed by atoms with Crippen LogP contribution in [0.4, 0.5) is 0 Å². The summed E-state index contributed by atoms with van der Waals surface area (Å²) in [7, 11) is 0. The first kappa shape index (κ1) is 31.0. The summed E-state index contributed by atoms with van der Waals surface area (Å²) in [5.41, 5.74) is 4.27. The van der Waals surface area contributed by atoms with Crippen LogP contribution in [0, 0.1) is 6.92 Å². The Morgan fingerprint density at radius 2 is 1.05 bits per heavy atom. The zero-order valence-electron chi connectivity index (χ0n) is 25.0. The molecule has 0 aliphatic heterocycles. The molecule has 10 heteroatoms. The van der Waals surface area contributed by atoms with Crippen LogP contribution in [-0.4, -0.2) is 29.8 Å². The fraction of sp³-hybridized carbons (Fsp3) is 0.303. The standard InChI is InChI=1S/C33H32O10/c1-16-10-25(40-19(4)35)14-30(42-21(6)37)32(16)28-11-23-8-9-24(39-18(3)34)12-27(23)17(2)33-29(28)13-26(41-20(5)36)15-31(33)43-22(7)38/h8-10,12-15,17,28H,11H2,1-7H3. The maximum atomic E-state index is 12.3. The van der Waals surface area contributed by atoms with Crippen molar-refractivity contribution < 1.29 is 47.7 Å². The van der Waals surface area contributed by atoms with Crippen LogP contribution in [0.2, 0.25) is 0 Å². The van der Waals surface area contributed by atoms with Crippen molar-refractivity contribution in [1.29, 1.82) is 0 Å². The molecule has 3 aromatic carbocycles. The summed E-state index contributed by atoms with van der Waals surface area (Å²) in [6.45, 7) is 10.1. The van der Waals surface area contributed by atoms with Crippen molar-refractivity contribution in [1.82, 2.24) is 0 Å². The number of hydrogen-bond acceptors (Lipinski definition) is 10. The zero-order chi connectivity index (χ0) is 31.6. The molecule has 43 heavy (non-hydrogen) atoms. The van der Waals surface area contributed by atoms with Crippen molar-refractivity contribution in [2.24, 2.45) is 0 Å². The number of carbonyl (C=O) groups excluding carboxylic acids is 5. The molecule has 0 N–H and O–H groups in total. The highest BCUT2D eigenvalue weighted by Gasteiger charge is 2.35. The quantitative estimate of drug-likeness (QED) is 0.270. The van der Waals surface area contributed by atoms with Crippen molar-refractivity contribution in [3.63, 3.8) is 0 Å². The molecule has 3 aromatic rings. The lowest BCUT2D eigenvalue weighted by Crippen LogP contribution is -2.15. The topological polar surface area (TPSA) is 132 Å². The zero-order valence-corrected chi connectivity index (χ0v) is 25.0. The van der Waals surface area contributed by atoms with Gasteiger partial charge in [-0.2, -0.15) is 0 Å². The van der Waals surface area contributed by atoms with Gasteiger partial charge in [0.05, 0.1) is 0 Å². The molecule has 2 atom stereocenters. The van der Waals surface area contributed by atoms with Gasteiger partial charge in [-0.1, -0.05) is 13.0 Å². The summed E-state index contributed by atoms with van der Waals surface area (Å²) in [4.78, 5) is 60.0. The van der Waals surface area contributed by atoms with Gasteiger partial charge in [0, 0.05) is 69.7 Å². The Labute approximate surface area is 248 Å². The number of benzene rings is 3. The average molecular weight is 589 g/mol. The molecule has 224 valence electrons. The number of fused-ring (bicyclic) bond motifs is 2. The number of hydrogen-bond donors (Lipinski definition) is 0. The normalized spacial score (nSPS) is 15.2. The van der Waals surface area contributed by atoms with Gasteiger partial charge in [-0.3, -0.25) is 24.0 Å². The number of aryl methyl sites for hydroxylation is 1. The largest absolute Gasteiger partial charge is 0.427 e. The van der Waals surface area contributed by atoms with Crippen LogP contribution >= 0.6 is 0 Å². The molecular weight excluding hydrogens is 556 g/mol. The van der Waals surface area contributed by atoms with Crippen LogP contribution in [-0.2, 0) is 30.4 Å². The second-order valence-electron chi connectivity index (χ2n) is 10.4. The fourth-order valence-corrected chi connectivity index (χ4v) is 5.62. The van der Waals surface area contributed by atoms with Crippen molar-refractivity contribution in [2.75, 3.05) is 0 Å². The van der Waals surface area contributed by atoms with E-state index < -0.39 is 35.8 Å². The average Bonchev–Trinajstić information content (AvgIpc) is 2.97. The number of rotatable bonds is 6. The molecular formula is C33H32O10. The lowest BCUT2D eigenvalue weighted by Gasteiger charge is -2.26. The van der Waals surface area contributed by atoms with Crippen LogP contribution in [0.5, 0.6) is 28.7 Å². The minimum Gasteiger partial charge on any atom is -0.427 e. The predicted octanol–water partition coefficient (Wildman–Crippen LogP) is 5.46. The minimum absolute atomic E-state index is 0.162. The van der Waals surface area contributed by atoms with Crippen molar-refractivity contribution in [3.8, 4) is 28.7 Å². The van der Waals surface area contributed by atoms with Crippen LogP contribution in [0.15, 0.2) is 42.5 Å². The lowest BCUT2D eigenvalue weighted by atomic mass is 9.81. The first-order chi connectivity index (χ1) is 20.2. The van der Waals surface area contributed by atoms with E-state index in [4.69, 9.17) is 23.7 Å². The highest BCUT2D eigenvalue weighted by molar-refractivity contribution is 5.75. The van der Waals surface area contributed by atoms with E-state index in [0.717, 1.165) is 11.1 Å². The Bertz CT molecular complexity index is 1650. The Morgan fingerprint density at radius 3 is 1.58 bits per heavy atom. The highest BCUT2D eigenvalue weighted by Crippen LogP contribution is 2.50. The first-order valence-corrected chi connectivity index (χ1v) is 13.6. The molecule has 2 unspecified atom stereocenters. The second kappa shape index (κ2) is 12.5. The maximum Gasteiger partial charge on any atom is 0.308 e. The molecule has 0 amide bonds. The third-order valence-corrected chi connectivity index (χ3v) is 6.93. The molecule has 0 heterocycles. The molecule has 0 saturated heterocycles. The van der Waals surface area contributed by atoms with E-state index in [9.17, 15) is 24.0 Å². The third kappa shape index (κ3) is 7.09. The molecule has 1 aliphatic carbocycles. The van der Waals surface area contributed by atoms with E-state index in [1.54, 1.807) is 31.2 Å². The van der Waals surface area contributed by atoms with Crippen LogP contribution in [0.3, 0.4) is 0 Å². The minimum atomic E-state index is -0.580. The Hall–Kier alpha value is -4.99. The molecule has 0 radical (unpaired) electrons. The molecule has 0 aromatic heterocycles. The van der Waals surface area contributed by atoms with Crippen molar-refractivity contribution >= 4 is 29.8 Å². The summed E-state index contributed by atoms with van der Waals surface area (Å²) < 4.78 is 27.5. The third-order valence-electron chi connectivity index (χ3n) is 6.93. The Kier molecular flexibility index (Phi) is 8.99. The smallest absolute Gasteiger partial charge is 0.308 e. The lowest BCUT2D eigenvalue weighted by molar-refractivity contribution is -0.133. The van der Waals surface area contributed by atoms with E-state index in [-0.39, 0.29) is 28.9 Å². The second-order valence-corrected chi connectivity index (χ2v) is 10.4. The summed E-state index contributed by atoms with van der Waals surface area (Å²) in [6.07, 6.45) is 0.373. The van der Waals surface area contributed by atoms with Gasteiger partial charge >= 0.3 is 29.8 Å². The molecule has 10 nitrogen and oxygen atoms in total. The molecule has 0 bridgehead atoms. The molecule has 4 rings (SSSR count). The van der Waals surface area contributed by atoms with Gasteiger partial charge in [-0.25, -0.2) is 0 Å². The van der Waals surface area contributed by atoms with Crippen LogP contribution in [0.1, 0.15) is 86.8 Å². The van der Waals surface area contributed by atoms with Gasteiger partial charge in [0.1, 0.15) is 28.7 Å². The summed E-state index contributed by atoms with van der Waals surface area (Å²) in [5.74, 6) is -2.56. The van der Waals surface area contributed by atoms with E-state index in [0.29, 0.717) is 34.4 Å². The Balaban J connectivity index is 2.08. The molecule has 0 spiro atoms. The highest BCUT2D eigenvalue weighted by atomic mass is 16.6. The fourth-order valence-electron chi connectivity index (χ4n) is 5.62. The van der Waals surface area contributed by atoms with Gasteiger partial charge < -0.3 is 23.7 Å². The van der Waals surface area contributed by atoms with Gasteiger partial charge in [-0.15, -0.1) is 0 Å². The number of ether oxygens (including phenoxy) is 5. The number of esters is 5. The summed E-state index contributed by atoms with van der Waals surface area (Å²) >= 11 is 0. The van der Waals surface area contributed by atoms with Gasteiger partial charge in [0.2, 0.25) is 0 Å². The first-order valence-electron chi connectivity index (χ1n) is 13.6. The van der Waals surface area contributed by atoms with E-state index >= 15 is 0 Å². The van der Waals surface area contributed by atoms with Crippen LogP contribution in [0.25, 0.3) is 0 Å².